The lowest BCUT2D eigenvalue weighted by molar-refractivity contribution is -0.138. The summed E-state index contributed by atoms with van der Waals surface area (Å²) in [5, 5.41) is 4.83. The molecular weight excluding hydrogens is 332 g/mol. The van der Waals surface area contributed by atoms with Gasteiger partial charge in [0.25, 0.3) is 5.91 Å². The van der Waals surface area contributed by atoms with Crippen LogP contribution in [0.1, 0.15) is 17.7 Å². The number of nitrogens with zero attached hydrogens (tertiary/aromatic N) is 3. The topological polar surface area (TPSA) is 95.8 Å². The molecule has 24 heavy (non-hydrogen) atoms. The summed E-state index contributed by atoms with van der Waals surface area (Å²) in [6.07, 6.45) is 3.08. The fraction of sp³-hybridized carbons (Fsp3) is 0.333. The van der Waals surface area contributed by atoms with Gasteiger partial charge in [0.15, 0.2) is 5.54 Å². The standard InChI is InChI=1S/C15H16N4O4S/c1-15(12-16-5-7-24-12)13(21)19(14(22)17-15)9-11(20)18(2)8-10-4-3-6-23-10/h3-7H,8-9H2,1-2H3,(H,17,22). The zero-order valence-electron chi connectivity index (χ0n) is 13.2. The number of carbonyl (C=O) groups excluding carboxylic acids is 3. The van der Waals surface area contributed by atoms with Gasteiger partial charge in [-0.15, -0.1) is 11.3 Å². The molecule has 126 valence electrons. The van der Waals surface area contributed by atoms with Crippen LogP contribution in [0.3, 0.4) is 0 Å². The van der Waals surface area contributed by atoms with Crippen molar-refractivity contribution in [1.29, 1.82) is 0 Å². The summed E-state index contributed by atoms with van der Waals surface area (Å²) < 4.78 is 5.19. The van der Waals surface area contributed by atoms with Gasteiger partial charge in [0.1, 0.15) is 17.3 Å². The van der Waals surface area contributed by atoms with Crippen molar-refractivity contribution in [2.45, 2.75) is 19.0 Å². The van der Waals surface area contributed by atoms with Crippen LogP contribution in [0.5, 0.6) is 0 Å². The molecule has 8 nitrogen and oxygen atoms in total. The summed E-state index contributed by atoms with van der Waals surface area (Å²) in [5.41, 5.74) is -1.23. The Labute approximate surface area is 142 Å². The van der Waals surface area contributed by atoms with Gasteiger partial charge in [0.05, 0.1) is 12.8 Å². The Morgan fingerprint density at radius 1 is 1.50 bits per heavy atom. The molecule has 0 bridgehead atoms. The highest BCUT2D eigenvalue weighted by Crippen LogP contribution is 2.30. The second kappa shape index (κ2) is 6.08. The molecule has 0 saturated carbocycles. The van der Waals surface area contributed by atoms with Crippen molar-refractivity contribution in [2.24, 2.45) is 0 Å². The molecule has 1 fully saturated rings. The maximum atomic E-state index is 12.6. The Bertz CT molecular complexity index is 759. The summed E-state index contributed by atoms with van der Waals surface area (Å²) in [6, 6.07) is 2.87. The van der Waals surface area contributed by atoms with Crippen molar-refractivity contribution >= 4 is 29.2 Å². The van der Waals surface area contributed by atoms with E-state index in [2.05, 4.69) is 10.3 Å². The molecule has 1 aliphatic rings. The molecule has 4 amide bonds. The van der Waals surface area contributed by atoms with Gasteiger partial charge in [-0.05, 0) is 19.1 Å². The molecule has 1 atom stereocenters. The zero-order valence-corrected chi connectivity index (χ0v) is 14.0. The van der Waals surface area contributed by atoms with Crippen LogP contribution in [0.15, 0.2) is 34.4 Å². The normalized spacial score (nSPS) is 20.3. The molecule has 0 spiro atoms. The minimum absolute atomic E-state index is 0.263. The van der Waals surface area contributed by atoms with Gasteiger partial charge < -0.3 is 14.6 Å². The zero-order chi connectivity index (χ0) is 17.3. The number of hydrogen-bond donors (Lipinski definition) is 1. The molecule has 3 heterocycles. The van der Waals surface area contributed by atoms with Crippen LogP contribution in [-0.2, 0) is 21.7 Å². The van der Waals surface area contributed by atoms with Gasteiger partial charge in [0, 0.05) is 18.6 Å². The largest absolute Gasteiger partial charge is 0.467 e. The van der Waals surface area contributed by atoms with Crippen LogP contribution in [0.4, 0.5) is 4.79 Å². The number of carbonyl (C=O) groups is 3. The first-order chi connectivity index (χ1) is 11.4. The first-order valence-corrected chi connectivity index (χ1v) is 8.10. The lowest BCUT2D eigenvalue weighted by Crippen LogP contribution is -2.43. The quantitative estimate of drug-likeness (QED) is 0.818. The fourth-order valence-corrected chi connectivity index (χ4v) is 3.18. The SMILES string of the molecule is CN(Cc1ccco1)C(=O)CN1C(=O)NC(C)(c2nccs2)C1=O. The monoisotopic (exact) mass is 348 g/mol. The van der Waals surface area contributed by atoms with Crippen molar-refractivity contribution in [1.82, 2.24) is 20.1 Å². The van der Waals surface area contributed by atoms with Crippen molar-refractivity contribution in [3.63, 3.8) is 0 Å². The van der Waals surface area contributed by atoms with E-state index in [0.717, 1.165) is 4.90 Å². The Morgan fingerprint density at radius 3 is 2.92 bits per heavy atom. The maximum absolute atomic E-state index is 12.6. The van der Waals surface area contributed by atoms with E-state index in [1.54, 1.807) is 37.7 Å². The summed E-state index contributed by atoms with van der Waals surface area (Å²) in [4.78, 5) is 43.5. The third kappa shape index (κ3) is 2.78. The van der Waals surface area contributed by atoms with Gasteiger partial charge in [-0.2, -0.15) is 0 Å². The smallest absolute Gasteiger partial charge is 0.325 e. The van der Waals surface area contributed by atoms with Crippen LogP contribution in [-0.4, -0.2) is 46.2 Å². The number of urea groups is 1. The summed E-state index contributed by atoms with van der Waals surface area (Å²) in [7, 11) is 1.59. The Kier molecular flexibility index (Phi) is 4.10. The number of aromatic nitrogens is 1. The molecule has 0 radical (unpaired) electrons. The van der Waals surface area contributed by atoms with Gasteiger partial charge in [-0.25, -0.2) is 9.78 Å². The number of nitrogens with one attached hydrogen (secondary N) is 1. The first-order valence-electron chi connectivity index (χ1n) is 7.22. The predicted octanol–water partition coefficient (Wildman–Crippen LogP) is 1.16. The van der Waals surface area contributed by atoms with Gasteiger partial charge >= 0.3 is 6.03 Å². The van der Waals surface area contributed by atoms with Crippen LogP contribution in [0.2, 0.25) is 0 Å². The summed E-state index contributed by atoms with van der Waals surface area (Å²) in [5.74, 6) is -0.226. The third-order valence-corrected chi connectivity index (χ3v) is 4.82. The lowest BCUT2D eigenvalue weighted by atomic mass is 10.0. The minimum atomic E-state index is -1.23. The molecule has 9 heteroatoms. The van der Waals surface area contributed by atoms with E-state index in [0.29, 0.717) is 10.8 Å². The highest BCUT2D eigenvalue weighted by molar-refractivity contribution is 7.09. The molecule has 0 aliphatic carbocycles. The fourth-order valence-electron chi connectivity index (χ4n) is 2.44. The molecule has 2 aromatic heterocycles. The Morgan fingerprint density at radius 2 is 2.29 bits per heavy atom. The highest BCUT2D eigenvalue weighted by atomic mass is 32.1. The second-order valence-corrected chi connectivity index (χ2v) is 6.51. The van der Waals surface area contributed by atoms with Crippen LogP contribution in [0.25, 0.3) is 0 Å². The molecule has 1 aliphatic heterocycles. The third-order valence-electron chi connectivity index (χ3n) is 3.83. The van der Waals surface area contributed by atoms with E-state index >= 15 is 0 Å². The minimum Gasteiger partial charge on any atom is -0.467 e. The Hall–Kier alpha value is -2.68. The number of imide groups is 1. The predicted molar refractivity (Wildman–Crippen MR) is 84.9 cm³/mol. The summed E-state index contributed by atoms with van der Waals surface area (Å²) >= 11 is 1.27. The number of hydrogen-bond acceptors (Lipinski definition) is 6. The Balaban J connectivity index is 1.70. The maximum Gasteiger partial charge on any atom is 0.325 e. The van der Waals surface area contributed by atoms with Crippen LogP contribution >= 0.6 is 11.3 Å². The van der Waals surface area contributed by atoms with Crippen LogP contribution in [0, 0.1) is 0 Å². The number of amides is 4. The van der Waals surface area contributed by atoms with Crippen LogP contribution < -0.4 is 5.32 Å². The van der Waals surface area contributed by atoms with Crippen molar-refractivity contribution in [3.8, 4) is 0 Å². The van der Waals surface area contributed by atoms with E-state index in [-0.39, 0.29) is 19.0 Å². The number of furan rings is 1. The molecule has 1 unspecified atom stereocenters. The number of thiazole rings is 1. The molecule has 1 saturated heterocycles. The second-order valence-electron chi connectivity index (χ2n) is 5.61. The van der Waals surface area contributed by atoms with Gasteiger partial charge in [-0.1, -0.05) is 0 Å². The summed E-state index contributed by atoms with van der Waals surface area (Å²) in [6.45, 7) is 1.52. The molecule has 0 aromatic carbocycles. The van der Waals surface area contributed by atoms with Crippen molar-refractivity contribution in [3.05, 3.63) is 40.7 Å². The highest BCUT2D eigenvalue weighted by Gasteiger charge is 2.51. The van der Waals surface area contributed by atoms with Crippen molar-refractivity contribution in [2.75, 3.05) is 13.6 Å². The van der Waals surface area contributed by atoms with Crippen molar-refractivity contribution < 1.29 is 18.8 Å². The van der Waals surface area contributed by atoms with E-state index < -0.39 is 17.5 Å². The van der Waals surface area contributed by atoms with Gasteiger partial charge in [0.2, 0.25) is 5.91 Å². The van der Waals surface area contributed by atoms with E-state index in [4.69, 9.17) is 4.42 Å². The average Bonchev–Trinajstić information content (AvgIpc) is 3.27. The van der Waals surface area contributed by atoms with Gasteiger partial charge in [-0.3, -0.25) is 14.5 Å². The molecule has 3 rings (SSSR count). The number of likely N-dealkylation sites (N-methyl/N-ethyl adjacent to an activating group) is 1. The van der Waals surface area contributed by atoms with E-state index in [1.165, 1.54) is 22.5 Å². The lowest BCUT2D eigenvalue weighted by Gasteiger charge is -2.21. The molecule has 2 aromatic rings. The first kappa shape index (κ1) is 16.2. The van der Waals surface area contributed by atoms with E-state index in [1.807, 2.05) is 0 Å². The number of rotatable bonds is 5. The van der Waals surface area contributed by atoms with E-state index in [9.17, 15) is 14.4 Å². The average molecular weight is 348 g/mol. The molecular formula is C15H16N4O4S. The molecule has 1 N–H and O–H groups in total.